The lowest BCUT2D eigenvalue weighted by molar-refractivity contribution is 0.251. The summed E-state index contributed by atoms with van der Waals surface area (Å²) in [5, 5.41) is 36.6. The fraction of sp³-hybridized carbons (Fsp3) is 0.0645. The van der Waals surface area contributed by atoms with E-state index in [1.165, 1.54) is 12.1 Å². The predicted octanol–water partition coefficient (Wildman–Crippen LogP) is 6.54. The number of urea groups is 1. The number of anilines is 1. The molecule has 0 fully saturated rings. The first kappa shape index (κ1) is 23.8. The first-order chi connectivity index (χ1) is 17.9. The monoisotopic (exact) mass is 490 g/mol. The molecule has 0 bridgehead atoms. The van der Waals surface area contributed by atoms with E-state index in [9.17, 15) is 20.1 Å². The highest BCUT2D eigenvalue weighted by molar-refractivity contribution is 5.93. The van der Waals surface area contributed by atoms with Gasteiger partial charge in [-0.1, -0.05) is 54.6 Å². The van der Waals surface area contributed by atoms with E-state index >= 15 is 0 Å². The molecule has 2 amide bonds. The molecule has 0 heterocycles. The third-order valence-corrected chi connectivity index (χ3v) is 6.28. The molecule has 0 aliphatic rings. The van der Waals surface area contributed by atoms with Gasteiger partial charge >= 0.3 is 6.03 Å². The number of phenols is 3. The zero-order chi connectivity index (χ0) is 25.8. The Morgan fingerprint density at radius 1 is 0.649 bits per heavy atom. The molecule has 0 spiro atoms. The van der Waals surface area contributed by atoms with Crippen LogP contribution in [0.25, 0.3) is 21.9 Å². The van der Waals surface area contributed by atoms with E-state index in [1.54, 1.807) is 36.4 Å². The standard InChI is InChI=1S/C31H26N2O4/c34-25-10-5-22(6-11-25)28-15-7-23-18-27(36)14-16-29(23)30(28)17-20-1-3-21(4-2-20)19-32-31(37)33-24-8-12-26(35)13-9-24/h1-16,18,34-36H,17,19H2,(H2,32,33,37). The number of amides is 2. The largest absolute Gasteiger partial charge is 0.508 e. The van der Waals surface area contributed by atoms with Crippen molar-refractivity contribution in [2.45, 2.75) is 13.0 Å². The molecule has 5 N–H and O–H groups in total. The number of benzene rings is 5. The van der Waals surface area contributed by atoms with Gasteiger partial charge in [0.15, 0.2) is 0 Å². The van der Waals surface area contributed by atoms with Crippen molar-refractivity contribution in [3.63, 3.8) is 0 Å². The summed E-state index contributed by atoms with van der Waals surface area (Å²) in [6.07, 6.45) is 0.674. The number of nitrogens with one attached hydrogen (secondary N) is 2. The Kier molecular flexibility index (Phi) is 6.64. The van der Waals surface area contributed by atoms with Crippen molar-refractivity contribution < 1.29 is 20.1 Å². The van der Waals surface area contributed by atoms with E-state index in [-0.39, 0.29) is 23.3 Å². The molecule has 0 saturated carbocycles. The number of aromatic hydroxyl groups is 3. The SMILES string of the molecule is O=C(NCc1ccc(Cc2c(-c3ccc(O)cc3)ccc3cc(O)ccc23)cc1)Nc1ccc(O)cc1. The van der Waals surface area contributed by atoms with Crippen LogP contribution < -0.4 is 10.6 Å². The lowest BCUT2D eigenvalue weighted by Crippen LogP contribution is -2.28. The zero-order valence-corrected chi connectivity index (χ0v) is 20.0. The van der Waals surface area contributed by atoms with Gasteiger partial charge in [0.2, 0.25) is 0 Å². The predicted molar refractivity (Wildman–Crippen MR) is 146 cm³/mol. The number of carbonyl (C=O) groups excluding carboxylic acids is 1. The molecule has 37 heavy (non-hydrogen) atoms. The lowest BCUT2D eigenvalue weighted by atomic mass is 9.90. The van der Waals surface area contributed by atoms with Crippen molar-refractivity contribution in [2.24, 2.45) is 0 Å². The summed E-state index contributed by atoms with van der Waals surface area (Å²) >= 11 is 0. The number of hydrogen-bond donors (Lipinski definition) is 5. The molecular weight excluding hydrogens is 464 g/mol. The van der Waals surface area contributed by atoms with E-state index in [0.29, 0.717) is 18.7 Å². The van der Waals surface area contributed by atoms with Gasteiger partial charge in [-0.15, -0.1) is 0 Å². The van der Waals surface area contributed by atoms with Crippen LogP contribution in [-0.2, 0) is 13.0 Å². The quantitative estimate of drug-likeness (QED) is 0.175. The minimum Gasteiger partial charge on any atom is -0.508 e. The molecule has 5 aromatic rings. The van der Waals surface area contributed by atoms with E-state index in [0.717, 1.165) is 38.6 Å². The maximum Gasteiger partial charge on any atom is 0.319 e. The van der Waals surface area contributed by atoms with Crippen molar-refractivity contribution in [3.8, 4) is 28.4 Å². The van der Waals surface area contributed by atoms with Crippen LogP contribution in [0.2, 0.25) is 0 Å². The van der Waals surface area contributed by atoms with Crippen LogP contribution in [0.3, 0.4) is 0 Å². The molecule has 0 aromatic heterocycles. The van der Waals surface area contributed by atoms with Gasteiger partial charge in [-0.05, 0) is 93.5 Å². The summed E-state index contributed by atoms with van der Waals surface area (Å²) in [4.78, 5) is 12.2. The Morgan fingerprint density at radius 2 is 1.27 bits per heavy atom. The molecule has 5 rings (SSSR count). The Balaban J connectivity index is 1.34. The Morgan fingerprint density at radius 3 is 1.97 bits per heavy atom. The third-order valence-electron chi connectivity index (χ3n) is 6.28. The molecule has 6 heteroatoms. The lowest BCUT2D eigenvalue weighted by Gasteiger charge is -2.15. The van der Waals surface area contributed by atoms with Crippen molar-refractivity contribution in [1.29, 1.82) is 0 Å². The Hall–Kier alpha value is -4.97. The number of fused-ring (bicyclic) bond motifs is 1. The summed E-state index contributed by atoms with van der Waals surface area (Å²) in [6.45, 7) is 0.372. The fourth-order valence-corrected chi connectivity index (χ4v) is 4.37. The minimum atomic E-state index is -0.327. The first-order valence-corrected chi connectivity index (χ1v) is 11.9. The molecule has 0 aliphatic heterocycles. The van der Waals surface area contributed by atoms with Gasteiger partial charge in [0.05, 0.1) is 0 Å². The van der Waals surface area contributed by atoms with Crippen molar-refractivity contribution in [3.05, 3.63) is 120 Å². The van der Waals surface area contributed by atoms with Crippen molar-refractivity contribution in [1.82, 2.24) is 5.32 Å². The average molecular weight is 491 g/mol. The van der Waals surface area contributed by atoms with E-state index < -0.39 is 0 Å². The van der Waals surface area contributed by atoms with Gasteiger partial charge in [0.25, 0.3) is 0 Å². The summed E-state index contributed by atoms with van der Waals surface area (Å²) in [7, 11) is 0. The van der Waals surface area contributed by atoms with Gasteiger partial charge in [0, 0.05) is 12.2 Å². The maximum atomic E-state index is 12.2. The molecule has 184 valence electrons. The highest BCUT2D eigenvalue weighted by Gasteiger charge is 2.12. The van der Waals surface area contributed by atoms with Crippen molar-refractivity contribution in [2.75, 3.05) is 5.32 Å². The number of rotatable bonds is 6. The van der Waals surface area contributed by atoms with Crippen LogP contribution in [0.5, 0.6) is 17.2 Å². The second-order valence-electron chi connectivity index (χ2n) is 8.89. The van der Waals surface area contributed by atoms with E-state index in [4.69, 9.17) is 0 Å². The molecule has 0 radical (unpaired) electrons. The van der Waals surface area contributed by atoms with Crippen LogP contribution in [0.15, 0.2) is 103 Å². The van der Waals surface area contributed by atoms with Gasteiger partial charge in [-0.3, -0.25) is 0 Å². The molecule has 5 aromatic carbocycles. The number of phenolic OH excluding ortho intramolecular Hbond substituents is 3. The fourth-order valence-electron chi connectivity index (χ4n) is 4.37. The van der Waals surface area contributed by atoms with Crippen molar-refractivity contribution >= 4 is 22.5 Å². The van der Waals surface area contributed by atoms with Crippen LogP contribution in [-0.4, -0.2) is 21.4 Å². The smallest absolute Gasteiger partial charge is 0.319 e. The molecule has 0 saturated heterocycles. The second kappa shape index (κ2) is 10.3. The average Bonchev–Trinajstić information content (AvgIpc) is 2.90. The van der Waals surface area contributed by atoms with Gasteiger partial charge in [0.1, 0.15) is 17.2 Å². The van der Waals surface area contributed by atoms with E-state index in [1.807, 2.05) is 36.4 Å². The number of carbonyl (C=O) groups is 1. The first-order valence-electron chi connectivity index (χ1n) is 11.9. The van der Waals surface area contributed by atoms with Gasteiger partial charge < -0.3 is 26.0 Å². The second-order valence-corrected chi connectivity index (χ2v) is 8.89. The Labute approximate surface area is 214 Å². The molecule has 0 atom stereocenters. The summed E-state index contributed by atoms with van der Waals surface area (Å²) in [5.74, 6) is 0.585. The molecule has 0 aliphatic carbocycles. The van der Waals surface area contributed by atoms with Crippen LogP contribution in [0.1, 0.15) is 16.7 Å². The van der Waals surface area contributed by atoms with Crippen LogP contribution in [0.4, 0.5) is 10.5 Å². The molecule has 6 nitrogen and oxygen atoms in total. The topological polar surface area (TPSA) is 102 Å². The Bertz CT molecular complexity index is 1540. The molecule has 0 unspecified atom stereocenters. The van der Waals surface area contributed by atoms with Crippen LogP contribution in [0, 0.1) is 0 Å². The number of hydrogen-bond acceptors (Lipinski definition) is 4. The van der Waals surface area contributed by atoms with Gasteiger partial charge in [-0.2, -0.15) is 0 Å². The zero-order valence-electron chi connectivity index (χ0n) is 20.0. The maximum absolute atomic E-state index is 12.2. The minimum absolute atomic E-state index is 0.142. The summed E-state index contributed by atoms with van der Waals surface area (Å²) in [6, 6.07) is 30.7. The summed E-state index contributed by atoms with van der Waals surface area (Å²) in [5.41, 5.74) is 5.86. The third kappa shape index (κ3) is 5.65. The van der Waals surface area contributed by atoms with Crippen LogP contribution >= 0.6 is 0 Å². The van der Waals surface area contributed by atoms with Gasteiger partial charge in [-0.25, -0.2) is 4.79 Å². The highest BCUT2D eigenvalue weighted by atomic mass is 16.3. The highest BCUT2D eigenvalue weighted by Crippen LogP contribution is 2.34. The normalized spacial score (nSPS) is 10.8. The van der Waals surface area contributed by atoms with E-state index in [2.05, 4.69) is 28.8 Å². The summed E-state index contributed by atoms with van der Waals surface area (Å²) < 4.78 is 0. The molecular formula is C31H26N2O4.